The number of carboxylic acid groups (broad SMARTS) is 2. The summed E-state index contributed by atoms with van der Waals surface area (Å²) in [5.41, 5.74) is -2.27. The van der Waals surface area contributed by atoms with Crippen LogP contribution in [0.3, 0.4) is 0 Å². The summed E-state index contributed by atoms with van der Waals surface area (Å²) in [5.74, 6) is -4.18. The smallest absolute Gasteiger partial charge is 0.348 e. The molecule has 2 rings (SSSR count). The van der Waals surface area contributed by atoms with Crippen LogP contribution >= 0.6 is 0 Å². The number of phenolic OH excluding ortho intramolecular Hbond substituents is 1. The summed E-state index contributed by atoms with van der Waals surface area (Å²) in [6.45, 7) is 0. The molecular formula is C22H22O10. The summed E-state index contributed by atoms with van der Waals surface area (Å²) in [6, 6.07) is 9.83. The monoisotopic (exact) mass is 446 g/mol. The maximum absolute atomic E-state index is 12.2. The molecule has 0 saturated heterocycles. The van der Waals surface area contributed by atoms with Gasteiger partial charge in [-0.25, -0.2) is 14.4 Å². The minimum atomic E-state index is -2.96. The van der Waals surface area contributed by atoms with Crippen LogP contribution in [-0.4, -0.2) is 64.3 Å². The van der Waals surface area contributed by atoms with Gasteiger partial charge in [-0.2, -0.15) is 0 Å². The maximum atomic E-state index is 12.2. The van der Waals surface area contributed by atoms with E-state index < -0.39 is 36.0 Å². The van der Waals surface area contributed by atoms with Gasteiger partial charge in [0.25, 0.3) is 0 Å². The number of ether oxygens (including phenoxy) is 3. The summed E-state index contributed by atoms with van der Waals surface area (Å²) < 4.78 is 15.1. The van der Waals surface area contributed by atoms with Gasteiger partial charge in [-0.3, -0.25) is 0 Å². The Morgan fingerprint density at radius 3 is 2.16 bits per heavy atom. The van der Waals surface area contributed by atoms with E-state index in [1.54, 1.807) is 18.2 Å². The summed E-state index contributed by atoms with van der Waals surface area (Å²) in [6.07, 6.45) is -0.911. The fourth-order valence-electron chi connectivity index (χ4n) is 2.83. The van der Waals surface area contributed by atoms with Gasteiger partial charge in [0.2, 0.25) is 11.7 Å². The molecule has 0 spiro atoms. The Hall–Kier alpha value is -4.05. The molecule has 0 aliphatic carbocycles. The fourth-order valence-corrected chi connectivity index (χ4v) is 2.83. The zero-order valence-corrected chi connectivity index (χ0v) is 17.2. The van der Waals surface area contributed by atoms with Crippen molar-refractivity contribution in [1.82, 2.24) is 0 Å². The third-order valence-corrected chi connectivity index (χ3v) is 4.49. The number of aliphatic carboxylic acids is 2. The lowest BCUT2D eigenvalue weighted by atomic mass is 9.88. The summed E-state index contributed by atoms with van der Waals surface area (Å²) >= 11 is 0. The predicted octanol–water partition coefficient (Wildman–Crippen LogP) is 1.48. The normalized spacial score (nSPS) is 13.7. The van der Waals surface area contributed by atoms with E-state index in [-0.39, 0.29) is 11.3 Å². The Balaban J connectivity index is 2.24. The first-order valence-electron chi connectivity index (χ1n) is 9.18. The van der Waals surface area contributed by atoms with E-state index in [1.807, 2.05) is 0 Å². The fraction of sp³-hybridized carbons (Fsp3) is 0.227. The van der Waals surface area contributed by atoms with Crippen molar-refractivity contribution in [2.45, 2.75) is 18.1 Å². The summed E-state index contributed by atoms with van der Waals surface area (Å²) in [4.78, 5) is 35.6. The minimum absolute atomic E-state index is 0.103. The molecule has 32 heavy (non-hydrogen) atoms. The number of phenols is 1. The lowest BCUT2D eigenvalue weighted by Crippen LogP contribution is -2.56. The van der Waals surface area contributed by atoms with Crippen molar-refractivity contribution < 1.29 is 49.0 Å². The molecule has 2 unspecified atom stereocenters. The molecule has 0 heterocycles. The lowest BCUT2D eigenvalue weighted by molar-refractivity contribution is -0.192. The van der Waals surface area contributed by atoms with Gasteiger partial charge in [0.05, 0.1) is 14.2 Å². The largest absolute Gasteiger partial charge is 0.508 e. The molecule has 0 saturated carbocycles. The Morgan fingerprint density at radius 1 is 1.00 bits per heavy atom. The highest BCUT2D eigenvalue weighted by Crippen LogP contribution is 2.28. The minimum Gasteiger partial charge on any atom is -0.508 e. The SMILES string of the molecule is COc1ccc(C=CC(=O)OC(C(=O)O)C(O)(Cc2ccc(O)cc2)C(=O)O)cc1OC. The average molecular weight is 446 g/mol. The molecule has 2 aromatic carbocycles. The van der Waals surface area contributed by atoms with Crippen LogP contribution in [0.25, 0.3) is 6.08 Å². The van der Waals surface area contributed by atoms with Crippen molar-refractivity contribution in [2.24, 2.45) is 0 Å². The Kier molecular flexibility index (Phi) is 7.81. The molecule has 0 fully saturated rings. The standard InChI is InChI=1S/C22H22O10/c1-30-16-9-5-13(11-17(16)31-2)6-10-18(24)32-19(20(25)26)22(29,21(27)28)12-14-3-7-15(23)8-4-14/h3-11,19,23,29H,12H2,1-2H3,(H,25,26)(H,27,28). The Bertz CT molecular complexity index is 1010. The zero-order chi connectivity index (χ0) is 23.9. The van der Waals surface area contributed by atoms with E-state index >= 15 is 0 Å². The predicted molar refractivity (Wildman–Crippen MR) is 110 cm³/mol. The highest BCUT2D eigenvalue weighted by Gasteiger charge is 2.51. The van der Waals surface area contributed by atoms with E-state index in [0.717, 1.165) is 6.08 Å². The molecule has 0 aliphatic heterocycles. The highest BCUT2D eigenvalue weighted by atomic mass is 16.6. The number of methoxy groups -OCH3 is 2. The Labute approximate surface area is 182 Å². The second kappa shape index (κ2) is 10.3. The molecule has 10 nitrogen and oxygen atoms in total. The molecule has 4 N–H and O–H groups in total. The van der Waals surface area contributed by atoms with E-state index in [0.29, 0.717) is 17.1 Å². The lowest BCUT2D eigenvalue weighted by Gasteiger charge is -2.29. The number of rotatable bonds is 10. The van der Waals surface area contributed by atoms with E-state index in [4.69, 9.17) is 14.2 Å². The van der Waals surface area contributed by atoms with Crippen molar-refractivity contribution in [1.29, 1.82) is 0 Å². The number of esters is 1. The van der Waals surface area contributed by atoms with Gasteiger partial charge < -0.3 is 34.6 Å². The number of aliphatic hydroxyl groups is 1. The van der Waals surface area contributed by atoms with E-state index in [1.165, 1.54) is 44.6 Å². The first-order chi connectivity index (χ1) is 15.1. The van der Waals surface area contributed by atoms with Crippen LogP contribution in [0.15, 0.2) is 48.5 Å². The van der Waals surface area contributed by atoms with Crippen LogP contribution in [0.1, 0.15) is 11.1 Å². The molecule has 10 heteroatoms. The third kappa shape index (κ3) is 5.76. The molecule has 2 atom stereocenters. The van der Waals surface area contributed by atoms with Gasteiger partial charge in [-0.15, -0.1) is 0 Å². The average Bonchev–Trinajstić information content (AvgIpc) is 2.76. The van der Waals surface area contributed by atoms with Crippen molar-refractivity contribution in [3.8, 4) is 17.2 Å². The summed E-state index contributed by atoms with van der Waals surface area (Å²) in [7, 11) is 2.89. The number of carboxylic acids is 2. The van der Waals surface area contributed by atoms with Gasteiger partial charge in [-0.05, 0) is 41.5 Å². The summed E-state index contributed by atoms with van der Waals surface area (Å²) in [5, 5.41) is 38.9. The second-order valence-corrected chi connectivity index (χ2v) is 6.68. The molecule has 0 amide bonds. The van der Waals surface area contributed by atoms with E-state index in [2.05, 4.69) is 0 Å². The molecule has 0 bridgehead atoms. The van der Waals surface area contributed by atoms with Crippen LogP contribution in [0.4, 0.5) is 0 Å². The van der Waals surface area contributed by atoms with Crippen LogP contribution in [0, 0.1) is 0 Å². The van der Waals surface area contributed by atoms with Crippen LogP contribution in [-0.2, 0) is 25.5 Å². The number of hydrogen-bond donors (Lipinski definition) is 4. The maximum Gasteiger partial charge on any atom is 0.348 e. The van der Waals surface area contributed by atoms with Gasteiger partial charge in [0.15, 0.2) is 11.5 Å². The zero-order valence-electron chi connectivity index (χ0n) is 17.2. The first-order valence-corrected chi connectivity index (χ1v) is 9.18. The van der Waals surface area contributed by atoms with Crippen LogP contribution < -0.4 is 9.47 Å². The highest BCUT2D eigenvalue weighted by molar-refractivity contribution is 5.93. The number of hydrogen-bond acceptors (Lipinski definition) is 8. The third-order valence-electron chi connectivity index (χ3n) is 4.49. The van der Waals surface area contributed by atoms with Crippen molar-refractivity contribution in [3.63, 3.8) is 0 Å². The topological polar surface area (TPSA) is 160 Å². The van der Waals surface area contributed by atoms with Gasteiger partial charge >= 0.3 is 17.9 Å². The molecule has 2 aromatic rings. The van der Waals surface area contributed by atoms with Gasteiger partial charge in [0.1, 0.15) is 5.75 Å². The quantitative estimate of drug-likeness (QED) is 0.311. The number of aromatic hydroxyl groups is 1. The van der Waals surface area contributed by atoms with Gasteiger partial charge in [0, 0.05) is 12.5 Å². The first kappa shape index (κ1) is 24.2. The number of carbonyl (C=O) groups is 3. The van der Waals surface area contributed by atoms with Gasteiger partial charge in [-0.1, -0.05) is 18.2 Å². The molecule has 0 aromatic heterocycles. The molecule has 170 valence electrons. The number of carbonyl (C=O) groups excluding carboxylic acids is 1. The second-order valence-electron chi connectivity index (χ2n) is 6.68. The van der Waals surface area contributed by atoms with Crippen molar-refractivity contribution in [2.75, 3.05) is 14.2 Å². The van der Waals surface area contributed by atoms with E-state index in [9.17, 15) is 34.8 Å². The van der Waals surface area contributed by atoms with Crippen LogP contribution in [0.5, 0.6) is 17.2 Å². The molecule has 0 radical (unpaired) electrons. The van der Waals surface area contributed by atoms with Crippen LogP contribution in [0.2, 0.25) is 0 Å². The number of benzene rings is 2. The van der Waals surface area contributed by atoms with Crippen molar-refractivity contribution >= 4 is 24.0 Å². The Morgan fingerprint density at radius 2 is 1.62 bits per heavy atom. The molecular weight excluding hydrogens is 424 g/mol. The van der Waals surface area contributed by atoms with Crippen molar-refractivity contribution in [3.05, 3.63) is 59.7 Å². The molecule has 0 aliphatic rings.